The van der Waals surface area contributed by atoms with Crippen LogP contribution in [0.15, 0.2) is 53.5 Å². The van der Waals surface area contributed by atoms with Crippen LogP contribution in [0.2, 0.25) is 0 Å². The molecule has 2 amide bonds. The van der Waals surface area contributed by atoms with Crippen molar-refractivity contribution in [3.63, 3.8) is 0 Å². The average molecular weight is 409 g/mol. The van der Waals surface area contributed by atoms with Gasteiger partial charge in [-0.1, -0.05) is 44.2 Å². The minimum Gasteiger partial charge on any atom is -0.326 e. The van der Waals surface area contributed by atoms with Crippen molar-refractivity contribution in [1.29, 1.82) is 0 Å². The number of aliphatic imine (C=N–C) groups is 1. The van der Waals surface area contributed by atoms with E-state index in [4.69, 9.17) is 4.84 Å². The second-order valence-corrected chi connectivity index (χ2v) is 7.96. The highest BCUT2D eigenvalue weighted by molar-refractivity contribution is 6.00. The summed E-state index contributed by atoms with van der Waals surface area (Å²) in [7, 11) is 1.79. The van der Waals surface area contributed by atoms with Crippen LogP contribution in [0.25, 0.3) is 0 Å². The van der Waals surface area contributed by atoms with Crippen LogP contribution in [0, 0.1) is 0 Å². The van der Waals surface area contributed by atoms with Crippen molar-refractivity contribution in [3.05, 3.63) is 59.7 Å². The monoisotopic (exact) mass is 408 g/mol. The molecule has 0 aliphatic carbocycles. The zero-order valence-corrected chi connectivity index (χ0v) is 18.0. The van der Waals surface area contributed by atoms with E-state index in [1.807, 2.05) is 12.1 Å². The molecule has 2 N–H and O–H groups in total. The molecule has 1 heterocycles. The van der Waals surface area contributed by atoms with Crippen LogP contribution < -0.4 is 10.6 Å². The Balaban J connectivity index is 1.70. The highest BCUT2D eigenvalue weighted by atomic mass is 16.7. The SMILES string of the molecule is CC(=O)Nc1cccc(NC(=O)CC2(C)N=C(c3ccc(C(C)C)cc3)N(C)O2)c1. The Bertz CT molecular complexity index is 969. The molecule has 0 aromatic heterocycles. The molecule has 2 aromatic carbocycles. The molecular weight excluding hydrogens is 380 g/mol. The van der Waals surface area contributed by atoms with Gasteiger partial charge < -0.3 is 10.6 Å². The first kappa shape index (κ1) is 21.5. The topological polar surface area (TPSA) is 83.0 Å². The van der Waals surface area contributed by atoms with Crippen LogP contribution in [0.3, 0.4) is 0 Å². The fraction of sp³-hybridized carbons (Fsp3) is 0.348. The smallest absolute Gasteiger partial charge is 0.229 e. The van der Waals surface area contributed by atoms with Gasteiger partial charge >= 0.3 is 0 Å². The number of amides is 2. The average Bonchev–Trinajstić information content (AvgIpc) is 2.95. The minimum atomic E-state index is -1.000. The lowest BCUT2D eigenvalue weighted by molar-refractivity contribution is -0.164. The normalized spacial score (nSPS) is 18.3. The predicted octanol–water partition coefficient (Wildman–Crippen LogP) is 4.14. The van der Waals surface area contributed by atoms with Gasteiger partial charge in [0.05, 0.1) is 6.42 Å². The number of carbonyl (C=O) groups excluding carboxylic acids is 2. The van der Waals surface area contributed by atoms with E-state index in [-0.39, 0.29) is 18.2 Å². The Morgan fingerprint density at radius 1 is 1.10 bits per heavy atom. The summed E-state index contributed by atoms with van der Waals surface area (Å²) in [6, 6.07) is 15.2. The molecule has 30 heavy (non-hydrogen) atoms. The van der Waals surface area contributed by atoms with Crippen LogP contribution in [0.5, 0.6) is 0 Å². The van der Waals surface area contributed by atoms with E-state index in [9.17, 15) is 9.59 Å². The lowest BCUT2D eigenvalue weighted by Gasteiger charge is -2.21. The summed E-state index contributed by atoms with van der Waals surface area (Å²) in [6.07, 6.45) is 0.0509. The molecule has 7 heteroatoms. The lowest BCUT2D eigenvalue weighted by Crippen LogP contribution is -2.32. The summed E-state index contributed by atoms with van der Waals surface area (Å²) in [6.45, 7) is 7.52. The van der Waals surface area contributed by atoms with E-state index in [0.717, 1.165) is 5.56 Å². The van der Waals surface area contributed by atoms with Gasteiger partial charge in [0.1, 0.15) is 0 Å². The number of nitrogens with zero attached hydrogens (tertiary/aromatic N) is 2. The molecule has 2 aromatic rings. The molecule has 0 radical (unpaired) electrons. The van der Waals surface area contributed by atoms with Gasteiger partial charge in [-0.25, -0.2) is 14.9 Å². The number of anilines is 2. The predicted molar refractivity (Wildman–Crippen MR) is 118 cm³/mol. The maximum absolute atomic E-state index is 12.6. The summed E-state index contributed by atoms with van der Waals surface area (Å²) < 4.78 is 0. The van der Waals surface area contributed by atoms with E-state index in [2.05, 4.69) is 41.6 Å². The van der Waals surface area contributed by atoms with E-state index < -0.39 is 5.72 Å². The van der Waals surface area contributed by atoms with Crippen LogP contribution >= 0.6 is 0 Å². The molecule has 0 spiro atoms. The van der Waals surface area contributed by atoms with E-state index in [0.29, 0.717) is 23.1 Å². The molecule has 0 saturated heterocycles. The Hall–Kier alpha value is -3.19. The quantitative estimate of drug-likeness (QED) is 0.753. The number of nitrogens with one attached hydrogen (secondary N) is 2. The molecule has 1 atom stereocenters. The van der Waals surface area contributed by atoms with Gasteiger partial charge in [-0.15, -0.1) is 0 Å². The summed E-state index contributed by atoms with van der Waals surface area (Å²) in [4.78, 5) is 34.4. The third-order valence-electron chi connectivity index (χ3n) is 4.77. The second kappa shape index (κ2) is 8.67. The molecule has 0 saturated carbocycles. The van der Waals surface area contributed by atoms with Gasteiger partial charge in [0.2, 0.25) is 11.8 Å². The highest BCUT2D eigenvalue weighted by Gasteiger charge is 2.37. The van der Waals surface area contributed by atoms with E-state index in [1.54, 1.807) is 43.3 Å². The molecule has 1 aliphatic heterocycles. The largest absolute Gasteiger partial charge is 0.326 e. The second-order valence-electron chi connectivity index (χ2n) is 7.96. The van der Waals surface area contributed by atoms with Gasteiger partial charge in [-0.3, -0.25) is 9.59 Å². The Morgan fingerprint density at radius 2 is 1.73 bits per heavy atom. The van der Waals surface area contributed by atoms with Crippen LogP contribution in [0.4, 0.5) is 11.4 Å². The molecule has 158 valence electrons. The summed E-state index contributed by atoms with van der Waals surface area (Å²) >= 11 is 0. The van der Waals surface area contributed by atoms with E-state index in [1.165, 1.54) is 12.5 Å². The van der Waals surface area contributed by atoms with Gasteiger partial charge in [-0.05, 0) is 36.6 Å². The first-order valence-electron chi connectivity index (χ1n) is 9.96. The van der Waals surface area contributed by atoms with Gasteiger partial charge in [0.25, 0.3) is 0 Å². The Morgan fingerprint density at radius 3 is 2.33 bits per heavy atom. The Kier molecular flexibility index (Phi) is 6.22. The third kappa shape index (κ3) is 5.24. The van der Waals surface area contributed by atoms with Gasteiger partial charge in [0.15, 0.2) is 11.6 Å². The zero-order valence-electron chi connectivity index (χ0n) is 18.0. The van der Waals surface area contributed by atoms with Gasteiger partial charge in [0, 0.05) is 30.9 Å². The van der Waals surface area contributed by atoms with Crippen LogP contribution in [0.1, 0.15) is 51.2 Å². The highest BCUT2D eigenvalue weighted by Crippen LogP contribution is 2.29. The fourth-order valence-corrected chi connectivity index (χ4v) is 3.37. The van der Waals surface area contributed by atoms with Gasteiger partial charge in [-0.2, -0.15) is 0 Å². The standard InChI is InChI=1S/C23H28N4O3/c1-15(2)17-9-11-18(12-10-17)22-26-23(4,30-27(22)5)14-21(29)25-20-8-6-7-19(13-20)24-16(3)28/h6-13,15H,14H2,1-5H3,(H,24,28)(H,25,29). The van der Waals surface area contributed by atoms with Crippen molar-refractivity contribution in [1.82, 2.24) is 5.06 Å². The minimum absolute atomic E-state index is 0.0509. The maximum atomic E-state index is 12.6. The molecule has 3 rings (SSSR count). The lowest BCUT2D eigenvalue weighted by atomic mass is 10.0. The first-order valence-corrected chi connectivity index (χ1v) is 9.96. The third-order valence-corrected chi connectivity index (χ3v) is 4.77. The summed E-state index contributed by atoms with van der Waals surface area (Å²) in [5.74, 6) is 0.743. The van der Waals surface area contributed by atoms with Crippen molar-refractivity contribution in [3.8, 4) is 0 Å². The fourth-order valence-electron chi connectivity index (χ4n) is 3.37. The van der Waals surface area contributed by atoms with Crippen molar-refractivity contribution < 1.29 is 14.4 Å². The number of hydrogen-bond acceptors (Lipinski definition) is 5. The van der Waals surface area contributed by atoms with Crippen LogP contribution in [-0.2, 0) is 14.4 Å². The number of hydroxylamine groups is 2. The molecule has 0 fully saturated rings. The maximum Gasteiger partial charge on any atom is 0.229 e. The molecule has 1 unspecified atom stereocenters. The summed E-state index contributed by atoms with van der Waals surface area (Å²) in [5, 5.41) is 7.14. The van der Waals surface area contributed by atoms with Crippen molar-refractivity contribution >= 4 is 29.0 Å². The summed E-state index contributed by atoms with van der Waals surface area (Å²) in [5.41, 5.74) is 2.40. The number of amidine groups is 1. The molecular formula is C23H28N4O3. The Labute approximate surface area is 177 Å². The zero-order chi connectivity index (χ0) is 21.9. The number of benzene rings is 2. The molecule has 7 nitrogen and oxygen atoms in total. The number of carbonyl (C=O) groups is 2. The molecule has 1 aliphatic rings. The van der Waals surface area contributed by atoms with Crippen molar-refractivity contribution in [2.24, 2.45) is 4.99 Å². The first-order chi connectivity index (χ1) is 14.1. The number of rotatable bonds is 6. The number of hydrogen-bond donors (Lipinski definition) is 2. The van der Waals surface area contributed by atoms with Crippen LogP contribution in [-0.4, -0.2) is 35.5 Å². The van der Waals surface area contributed by atoms with E-state index >= 15 is 0 Å². The van der Waals surface area contributed by atoms with Crippen molar-refractivity contribution in [2.75, 3.05) is 17.7 Å². The molecule has 0 bridgehead atoms. The van der Waals surface area contributed by atoms with Crippen molar-refractivity contribution in [2.45, 2.75) is 45.8 Å².